The van der Waals surface area contributed by atoms with Gasteiger partial charge in [-0.15, -0.1) is 0 Å². The molecule has 6 nitrogen and oxygen atoms in total. The summed E-state index contributed by atoms with van der Waals surface area (Å²) in [6, 6.07) is 3.27. The summed E-state index contributed by atoms with van der Waals surface area (Å²) in [6.07, 6.45) is 0.319. The first-order chi connectivity index (χ1) is 14.2. The number of halogens is 3. The Balaban J connectivity index is 1.57. The fourth-order valence-corrected chi connectivity index (χ4v) is 4.33. The van der Waals surface area contributed by atoms with Crippen LogP contribution in [0.15, 0.2) is 30.6 Å². The zero-order chi connectivity index (χ0) is 21.5. The number of hydrogen-bond acceptors (Lipinski definition) is 4. The molecule has 1 amide bonds. The second-order valence-corrected chi connectivity index (χ2v) is 8.52. The van der Waals surface area contributed by atoms with Gasteiger partial charge in [-0.1, -0.05) is 13.8 Å². The van der Waals surface area contributed by atoms with Crippen molar-refractivity contribution < 1.29 is 18.0 Å². The molecular weight excluding hydrogens is 395 g/mol. The third-order valence-electron chi connectivity index (χ3n) is 6.08. The summed E-state index contributed by atoms with van der Waals surface area (Å²) in [7, 11) is 0. The predicted molar refractivity (Wildman–Crippen MR) is 106 cm³/mol. The number of hydrogen-bond donors (Lipinski definition) is 1. The van der Waals surface area contributed by atoms with Crippen molar-refractivity contribution in [2.75, 3.05) is 18.4 Å². The molecule has 1 saturated heterocycles. The van der Waals surface area contributed by atoms with Crippen molar-refractivity contribution in [3.05, 3.63) is 41.9 Å². The van der Waals surface area contributed by atoms with Crippen molar-refractivity contribution >= 4 is 11.7 Å². The molecule has 30 heavy (non-hydrogen) atoms. The molecule has 1 N–H and O–H groups in total. The van der Waals surface area contributed by atoms with E-state index in [4.69, 9.17) is 0 Å². The Bertz CT molecular complexity index is 896. The molecule has 0 radical (unpaired) electrons. The van der Waals surface area contributed by atoms with Gasteiger partial charge in [0.1, 0.15) is 5.82 Å². The van der Waals surface area contributed by atoms with E-state index in [0.717, 1.165) is 17.5 Å². The fourth-order valence-electron chi connectivity index (χ4n) is 4.33. The van der Waals surface area contributed by atoms with Gasteiger partial charge in [0, 0.05) is 43.5 Å². The molecule has 0 aliphatic carbocycles. The zero-order valence-corrected chi connectivity index (χ0v) is 17.1. The Hall–Kier alpha value is -2.58. The molecule has 0 saturated carbocycles. The summed E-state index contributed by atoms with van der Waals surface area (Å²) in [5, 5.41) is 7.60. The van der Waals surface area contributed by atoms with Gasteiger partial charge < -0.3 is 10.2 Å². The van der Waals surface area contributed by atoms with Crippen LogP contribution in [0.5, 0.6) is 0 Å². The summed E-state index contributed by atoms with van der Waals surface area (Å²) in [5.74, 6) is 0.283. The fraction of sp³-hybridized carbons (Fsp3) is 0.571. The van der Waals surface area contributed by atoms with Crippen molar-refractivity contribution in [2.24, 2.45) is 5.92 Å². The monoisotopic (exact) mass is 421 g/mol. The Labute approximate surface area is 173 Å². The van der Waals surface area contributed by atoms with Crippen LogP contribution < -0.4 is 5.32 Å². The lowest BCUT2D eigenvalue weighted by Gasteiger charge is -2.35. The molecule has 2 aliphatic rings. The number of aromatic nitrogens is 3. The van der Waals surface area contributed by atoms with Crippen LogP contribution in [0.25, 0.3) is 0 Å². The SMILES string of the molecule is CC(C)C1CC(C(F)(F)F)n2nc(C3CCCN(C(=O)c4cccnc4)C3)cc2N1. The molecule has 4 heterocycles. The molecule has 2 aromatic rings. The van der Waals surface area contributed by atoms with E-state index in [0.29, 0.717) is 30.2 Å². The minimum Gasteiger partial charge on any atom is -0.367 e. The lowest BCUT2D eigenvalue weighted by Crippen LogP contribution is -2.41. The van der Waals surface area contributed by atoms with Crippen LogP contribution in [-0.2, 0) is 0 Å². The first kappa shape index (κ1) is 20.7. The minimum atomic E-state index is -4.36. The van der Waals surface area contributed by atoms with Gasteiger partial charge in [0.15, 0.2) is 6.04 Å². The molecular formula is C21H26F3N5O. The van der Waals surface area contributed by atoms with Crippen LogP contribution >= 0.6 is 0 Å². The average Bonchev–Trinajstić information content (AvgIpc) is 3.16. The summed E-state index contributed by atoms with van der Waals surface area (Å²) in [5.41, 5.74) is 1.13. The number of amides is 1. The van der Waals surface area contributed by atoms with Gasteiger partial charge in [-0.25, -0.2) is 4.68 Å². The van der Waals surface area contributed by atoms with E-state index >= 15 is 0 Å². The number of rotatable bonds is 3. The topological polar surface area (TPSA) is 63.1 Å². The van der Waals surface area contributed by atoms with E-state index in [1.807, 2.05) is 13.8 Å². The van der Waals surface area contributed by atoms with Crippen LogP contribution in [-0.4, -0.2) is 50.9 Å². The largest absolute Gasteiger partial charge is 0.410 e. The maximum absolute atomic E-state index is 13.7. The minimum absolute atomic E-state index is 0.0361. The molecule has 162 valence electrons. The van der Waals surface area contributed by atoms with Gasteiger partial charge in [0.2, 0.25) is 0 Å². The van der Waals surface area contributed by atoms with Gasteiger partial charge in [0.05, 0.1) is 11.3 Å². The van der Waals surface area contributed by atoms with Gasteiger partial charge >= 0.3 is 6.18 Å². The Morgan fingerprint density at radius 3 is 2.80 bits per heavy atom. The number of anilines is 1. The summed E-state index contributed by atoms with van der Waals surface area (Å²) in [6.45, 7) is 4.90. The van der Waals surface area contributed by atoms with E-state index in [-0.39, 0.29) is 30.2 Å². The lowest BCUT2D eigenvalue weighted by molar-refractivity contribution is -0.174. The number of nitrogens with one attached hydrogen (secondary N) is 1. The highest BCUT2D eigenvalue weighted by Gasteiger charge is 2.47. The first-order valence-corrected chi connectivity index (χ1v) is 10.4. The highest BCUT2D eigenvalue weighted by Crippen LogP contribution is 2.42. The van der Waals surface area contributed by atoms with E-state index in [2.05, 4.69) is 15.4 Å². The van der Waals surface area contributed by atoms with E-state index in [9.17, 15) is 18.0 Å². The number of piperidine rings is 1. The Morgan fingerprint density at radius 2 is 2.13 bits per heavy atom. The van der Waals surface area contributed by atoms with Crippen molar-refractivity contribution in [3.63, 3.8) is 0 Å². The van der Waals surface area contributed by atoms with E-state index in [1.165, 1.54) is 6.20 Å². The highest BCUT2D eigenvalue weighted by molar-refractivity contribution is 5.94. The number of likely N-dealkylation sites (tertiary alicyclic amines) is 1. The lowest BCUT2D eigenvalue weighted by atomic mass is 9.93. The molecule has 0 bridgehead atoms. The van der Waals surface area contributed by atoms with Gasteiger partial charge in [-0.2, -0.15) is 18.3 Å². The zero-order valence-electron chi connectivity index (χ0n) is 17.1. The molecule has 0 spiro atoms. The number of fused-ring (bicyclic) bond motifs is 1. The highest BCUT2D eigenvalue weighted by atomic mass is 19.4. The molecule has 1 fully saturated rings. The normalized spacial score (nSPS) is 24.5. The first-order valence-electron chi connectivity index (χ1n) is 10.4. The maximum atomic E-state index is 13.7. The number of carbonyl (C=O) groups is 1. The van der Waals surface area contributed by atoms with Crippen LogP contribution in [0, 0.1) is 5.92 Å². The second-order valence-electron chi connectivity index (χ2n) is 8.52. The molecule has 4 rings (SSSR count). The van der Waals surface area contributed by atoms with Crippen LogP contribution in [0.1, 0.15) is 61.1 Å². The van der Waals surface area contributed by atoms with Crippen molar-refractivity contribution in [3.8, 4) is 0 Å². The molecule has 3 unspecified atom stereocenters. The smallest absolute Gasteiger partial charge is 0.367 e. The van der Waals surface area contributed by atoms with Crippen molar-refractivity contribution in [2.45, 2.75) is 57.3 Å². The van der Waals surface area contributed by atoms with Gasteiger partial charge in [0.25, 0.3) is 5.91 Å². The quantitative estimate of drug-likeness (QED) is 0.805. The number of carbonyl (C=O) groups excluding carboxylic acids is 1. The Morgan fingerprint density at radius 1 is 1.33 bits per heavy atom. The standard InChI is InChI=1S/C21H26F3N5O/c1-13(2)16-9-18(21(22,23)24)29-19(26-16)10-17(27-29)15-6-4-8-28(12-15)20(30)14-5-3-7-25-11-14/h3,5,7,10-11,13,15-16,18,26H,4,6,8-9,12H2,1-2H3. The molecule has 0 aromatic carbocycles. The Kier molecular flexibility index (Phi) is 5.46. The maximum Gasteiger partial charge on any atom is 0.410 e. The van der Waals surface area contributed by atoms with E-state index in [1.54, 1.807) is 29.3 Å². The van der Waals surface area contributed by atoms with Crippen LogP contribution in [0.3, 0.4) is 0 Å². The second kappa shape index (κ2) is 7.92. The van der Waals surface area contributed by atoms with Gasteiger partial charge in [-0.3, -0.25) is 9.78 Å². The number of pyridine rings is 1. The van der Waals surface area contributed by atoms with Crippen molar-refractivity contribution in [1.82, 2.24) is 19.7 Å². The molecule has 9 heteroatoms. The summed E-state index contributed by atoms with van der Waals surface area (Å²) < 4.78 is 42.2. The molecule has 2 aliphatic heterocycles. The number of nitrogens with zero attached hydrogens (tertiary/aromatic N) is 4. The summed E-state index contributed by atoms with van der Waals surface area (Å²) >= 11 is 0. The van der Waals surface area contributed by atoms with Crippen LogP contribution in [0.2, 0.25) is 0 Å². The van der Waals surface area contributed by atoms with E-state index < -0.39 is 12.2 Å². The van der Waals surface area contributed by atoms with Gasteiger partial charge in [-0.05, 0) is 37.3 Å². The predicted octanol–water partition coefficient (Wildman–Crippen LogP) is 4.24. The van der Waals surface area contributed by atoms with Crippen molar-refractivity contribution in [1.29, 1.82) is 0 Å². The number of alkyl halides is 3. The third kappa shape index (κ3) is 4.02. The van der Waals surface area contributed by atoms with Crippen LogP contribution in [0.4, 0.5) is 19.0 Å². The molecule has 2 aromatic heterocycles. The third-order valence-corrected chi connectivity index (χ3v) is 6.08. The molecule has 3 atom stereocenters. The average molecular weight is 421 g/mol. The summed E-state index contributed by atoms with van der Waals surface area (Å²) in [4.78, 5) is 18.5.